The second-order valence-corrected chi connectivity index (χ2v) is 4.58. The molecule has 0 bridgehead atoms. The highest BCUT2D eigenvalue weighted by molar-refractivity contribution is 7.05. The molecular formula is C12H15N3S. The Morgan fingerprint density at radius 3 is 2.50 bits per heavy atom. The minimum Gasteiger partial charge on any atom is -0.320 e. The lowest BCUT2D eigenvalue weighted by Crippen LogP contribution is -2.11. The molecule has 16 heavy (non-hydrogen) atoms. The van der Waals surface area contributed by atoms with Crippen LogP contribution in [0.5, 0.6) is 0 Å². The van der Waals surface area contributed by atoms with Crippen LogP contribution in [0.3, 0.4) is 0 Å². The topological polar surface area (TPSA) is 51.8 Å². The van der Waals surface area contributed by atoms with E-state index >= 15 is 0 Å². The average Bonchev–Trinajstić information content (AvgIpc) is 2.75. The summed E-state index contributed by atoms with van der Waals surface area (Å²) in [5.74, 6) is 0. The first-order valence-corrected chi connectivity index (χ1v) is 6.13. The number of benzene rings is 1. The molecule has 0 fully saturated rings. The molecule has 0 aliphatic carbocycles. The van der Waals surface area contributed by atoms with Crippen LogP contribution < -0.4 is 5.73 Å². The molecule has 1 aromatic heterocycles. The molecule has 2 rings (SSSR count). The Bertz CT molecular complexity index is 461. The van der Waals surface area contributed by atoms with Crippen LogP contribution in [0.1, 0.15) is 34.7 Å². The normalized spacial score (nSPS) is 12.7. The van der Waals surface area contributed by atoms with Gasteiger partial charge >= 0.3 is 0 Å². The molecule has 1 atom stereocenters. The molecule has 84 valence electrons. The van der Waals surface area contributed by atoms with Gasteiger partial charge in [0.1, 0.15) is 0 Å². The molecule has 0 amide bonds. The van der Waals surface area contributed by atoms with Gasteiger partial charge in [-0.25, -0.2) is 0 Å². The molecule has 0 radical (unpaired) electrons. The van der Waals surface area contributed by atoms with Crippen molar-refractivity contribution in [1.82, 2.24) is 9.59 Å². The lowest BCUT2D eigenvalue weighted by atomic mass is 10.0. The summed E-state index contributed by atoms with van der Waals surface area (Å²) in [6.45, 7) is 4.09. The molecule has 2 N–H and O–H groups in total. The average molecular weight is 233 g/mol. The van der Waals surface area contributed by atoms with Crippen LogP contribution in [0.25, 0.3) is 0 Å². The largest absolute Gasteiger partial charge is 0.320 e. The minimum absolute atomic E-state index is 0.106. The molecule has 1 aromatic carbocycles. The van der Waals surface area contributed by atoms with Crippen molar-refractivity contribution in [3.63, 3.8) is 0 Å². The van der Waals surface area contributed by atoms with Gasteiger partial charge in [0.05, 0.1) is 16.6 Å². The number of hydrogen-bond donors (Lipinski definition) is 1. The van der Waals surface area contributed by atoms with Gasteiger partial charge in [-0.2, -0.15) is 0 Å². The van der Waals surface area contributed by atoms with Gasteiger partial charge in [-0.3, -0.25) is 0 Å². The van der Waals surface area contributed by atoms with E-state index in [0.29, 0.717) is 0 Å². The maximum atomic E-state index is 6.18. The number of rotatable bonds is 3. The van der Waals surface area contributed by atoms with E-state index < -0.39 is 0 Å². The van der Waals surface area contributed by atoms with Gasteiger partial charge < -0.3 is 5.73 Å². The first-order chi connectivity index (χ1) is 7.72. The van der Waals surface area contributed by atoms with Crippen molar-refractivity contribution in [3.8, 4) is 0 Å². The van der Waals surface area contributed by atoms with Crippen molar-refractivity contribution in [2.24, 2.45) is 5.73 Å². The van der Waals surface area contributed by atoms with Crippen molar-refractivity contribution >= 4 is 11.5 Å². The lowest BCUT2D eigenvalue weighted by molar-refractivity contribution is 0.872. The summed E-state index contributed by atoms with van der Waals surface area (Å²) in [6, 6.07) is 8.31. The zero-order valence-corrected chi connectivity index (χ0v) is 10.3. The number of nitrogens with zero attached hydrogens (tertiary/aromatic N) is 2. The van der Waals surface area contributed by atoms with E-state index in [1.54, 1.807) is 0 Å². The summed E-state index contributed by atoms with van der Waals surface area (Å²) in [4.78, 5) is 1.05. The van der Waals surface area contributed by atoms with Gasteiger partial charge in [0.2, 0.25) is 0 Å². The van der Waals surface area contributed by atoms with E-state index in [1.807, 2.05) is 6.92 Å². The van der Waals surface area contributed by atoms with E-state index in [2.05, 4.69) is 40.8 Å². The quantitative estimate of drug-likeness (QED) is 0.886. The zero-order valence-electron chi connectivity index (χ0n) is 9.47. The third-order valence-corrected chi connectivity index (χ3v) is 3.63. The number of nitrogens with two attached hydrogens (primary N) is 1. The third-order valence-electron chi connectivity index (χ3n) is 2.72. The standard InChI is InChI=1S/C12H15N3S/c1-3-9-4-6-10(7-5-9)11(13)12-8(2)14-15-16-12/h4-7,11H,3,13H2,1-2H3. The van der Waals surface area contributed by atoms with Crippen LogP contribution in [0.4, 0.5) is 0 Å². The van der Waals surface area contributed by atoms with E-state index in [1.165, 1.54) is 17.1 Å². The summed E-state index contributed by atoms with van der Waals surface area (Å²) < 4.78 is 3.91. The van der Waals surface area contributed by atoms with Gasteiger partial charge in [-0.05, 0) is 36.0 Å². The van der Waals surface area contributed by atoms with Crippen LogP contribution >= 0.6 is 11.5 Å². The summed E-state index contributed by atoms with van der Waals surface area (Å²) in [5.41, 5.74) is 9.56. The number of aryl methyl sites for hydroxylation is 2. The highest BCUT2D eigenvalue weighted by Gasteiger charge is 2.14. The van der Waals surface area contributed by atoms with Crippen molar-refractivity contribution in [2.45, 2.75) is 26.3 Å². The molecule has 0 saturated carbocycles. The van der Waals surface area contributed by atoms with Gasteiger partial charge in [0, 0.05) is 0 Å². The fraction of sp³-hybridized carbons (Fsp3) is 0.333. The predicted octanol–water partition coefficient (Wildman–Crippen LogP) is 2.46. The fourth-order valence-corrected chi connectivity index (χ4v) is 2.31. The van der Waals surface area contributed by atoms with Crippen molar-refractivity contribution < 1.29 is 0 Å². The monoisotopic (exact) mass is 233 g/mol. The number of aromatic nitrogens is 2. The predicted molar refractivity (Wildman–Crippen MR) is 66.5 cm³/mol. The van der Waals surface area contributed by atoms with Crippen molar-refractivity contribution in [2.75, 3.05) is 0 Å². The molecule has 0 aliphatic heterocycles. The minimum atomic E-state index is -0.106. The highest BCUT2D eigenvalue weighted by atomic mass is 32.1. The molecule has 0 spiro atoms. The van der Waals surface area contributed by atoms with Crippen LogP contribution in [0.15, 0.2) is 24.3 Å². The Morgan fingerprint density at radius 2 is 2.00 bits per heavy atom. The molecule has 1 unspecified atom stereocenters. The summed E-state index contributed by atoms with van der Waals surface area (Å²) in [5, 5.41) is 3.99. The van der Waals surface area contributed by atoms with E-state index in [0.717, 1.165) is 22.6 Å². The SMILES string of the molecule is CCc1ccc(C(N)c2snnc2C)cc1. The van der Waals surface area contributed by atoms with Crippen LogP contribution in [-0.4, -0.2) is 9.59 Å². The molecule has 2 aromatic rings. The molecule has 0 saturated heterocycles. The van der Waals surface area contributed by atoms with Crippen LogP contribution in [0.2, 0.25) is 0 Å². The maximum absolute atomic E-state index is 6.18. The van der Waals surface area contributed by atoms with E-state index in [-0.39, 0.29) is 6.04 Å². The second-order valence-electron chi connectivity index (χ2n) is 3.80. The van der Waals surface area contributed by atoms with Gasteiger partial charge in [0.15, 0.2) is 0 Å². The summed E-state index contributed by atoms with van der Waals surface area (Å²) in [7, 11) is 0. The second kappa shape index (κ2) is 4.72. The summed E-state index contributed by atoms with van der Waals surface area (Å²) >= 11 is 1.38. The Kier molecular flexibility index (Phi) is 3.31. The molecule has 3 nitrogen and oxygen atoms in total. The highest BCUT2D eigenvalue weighted by Crippen LogP contribution is 2.24. The Hall–Kier alpha value is -1.26. The molecular weight excluding hydrogens is 218 g/mol. The Morgan fingerprint density at radius 1 is 1.31 bits per heavy atom. The van der Waals surface area contributed by atoms with E-state index in [9.17, 15) is 0 Å². The molecule has 1 heterocycles. The van der Waals surface area contributed by atoms with Gasteiger partial charge in [-0.15, -0.1) is 5.10 Å². The first kappa shape index (κ1) is 11.2. The molecule has 4 heteroatoms. The van der Waals surface area contributed by atoms with Crippen molar-refractivity contribution in [3.05, 3.63) is 46.0 Å². The van der Waals surface area contributed by atoms with Crippen LogP contribution in [0, 0.1) is 6.92 Å². The third kappa shape index (κ3) is 2.13. The Balaban J connectivity index is 2.27. The molecule has 0 aliphatic rings. The maximum Gasteiger partial charge on any atom is 0.0776 e. The number of hydrogen-bond acceptors (Lipinski definition) is 4. The Labute approximate surface area is 99.5 Å². The van der Waals surface area contributed by atoms with Crippen LogP contribution in [-0.2, 0) is 6.42 Å². The first-order valence-electron chi connectivity index (χ1n) is 5.35. The zero-order chi connectivity index (χ0) is 11.5. The smallest absolute Gasteiger partial charge is 0.0776 e. The fourth-order valence-electron chi connectivity index (χ4n) is 1.63. The van der Waals surface area contributed by atoms with E-state index in [4.69, 9.17) is 5.73 Å². The van der Waals surface area contributed by atoms with Gasteiger partial charge in [0.25, 0.3) is 0 Å². The van der Waals surface area contributed by atoms with Crippen molar-refractivity contribution in [1.29, 1.82) is 0 Å². The lowest BCUT2D eigenvalue weighted by Gasteiger charge is -2.10. The van der Waals surface area contributed by atoms with Gasteiger partial charge in [-0.1, -0.05) is 35.7 Å². The summed E-state index contributed by atoms with van der Waals surface area (Å²) in [6.07, 6.45) is 1.05.